The maximum absolute atomic E-state index is 12.6. The summed E-state index contributed by atoms with van der Waals surface area (Å²) in [7, 11) is -1.74. The molecule has 5 heterocycles. The van der Waals surface area contributed by atoms with E-state index in [-0.39, 0.29) is 17.0 Å². The Balaban J connectivity index is 1.34. The zero-order chi connectivity index (χ0) is 26.7. The molecule has 1 amide bonds. The zero-order valence-corrected chi connectivity index (χ0v) is 22.0. The second-order valence-electron chi connectivity index (χ2n) is 9.25. The van der Waals surface area contributed by atoms with Gasteiger partial charge in [-0.05, 0) is 49.2 Å². The second-order valence-corrected chi connectivity index (χ2v) is 11.3. The van der Waals surface area contributed by atoms with Gasteiger partial charge in [-0.3, -0.25) is 14.8 Å². The Labute approximate surface area is 221 Å². The topological polar surface area (TPSA) is 127 Å². The van der Waals surface area contributed by atoms with Crippen molar-refractivity contribution in [1.29, 1.82) is 0 Å². The Kier molecular flexibility index (Phi) is 7.30. The fourth-order valence-electron chi connectivity index (χ4n) is 4.54. The molecular weight excluding hydrogens is 504 g/mol. The molecule has 1 N–H and O–H groups in total. The molecule has 0 bridgehead atoms. The molecule has 0 aliphatic carbocycles. The number of sulfone groups is 1. The van der Waals surface area contributed by atoms with E-state index in [1.807, 2.05) is 36.4 Å². The average Bonchev–Trinajstić information content (AvgIpc) is 3.39. The molecule has 4 aromatic rings. The van der Waals surface area contributed by atoms with E-state index in [0.717, 1.165) is 53.8 Å². The zero-order valence-electron chi connectivity index (χ0n) is 21.2. The van der Waals surface area contributed by atoms with Crippen LogP contribution < -0.4 is 10.2 Å². The summed E-state index contributed by atoms with van der Waals surface area (Å²) in [6.07, 6.45) is 7.52. The minimum Gasteiger partial charge on any atom is -0.383 e. The highest BCUT2D eigenvalue weighted by atomic mass is 32.2. The third-order valence-corrected chi connectivity index (χ3v) is 7.57. The molecular formula is C27H28N6O4S. The van der Waals surface area contributed by atoms with Crippen LogP contribution in [-0.4, -0.2) is 66.8 Å². The number of fused-ring (bicyclic) bond motifs is 1. The van der Waals surface area contributed by atoms with Crippen molar-refractivity contribution in [1.82, 2.24) is 25.3 Å². The van der Waals surface area contributed by atoms with Gasteiger partial charge in [0.1, 0.15) is 5.82 Å². The molecule has 0 spiro atoms. The first-order chi connectivity index (χ1) is 18.3. The van der Waals surface area contributed by atoms with E-state index in [1.54, 1.807) is 13.3 Å². The first-order valence-corrected chi connectivity index (χ1v) is 14.1. The highest BCUT2D eigenvalue weighted by molar-refractivity contribution is 7.90. The number of carbonyl (C=O) groups is 1. The largest absolute Gasteiger partial charge is 0.383 e. The van der Waals surface area contributed by atoms with Gasteiger partial charge in [-0.1, -0.05) is 6.07 Å². The number of carbonyl (C=O) groups excluding carboxylic acids is 1. The van der Waals surface area contributed by atoms with Gasteiger partial charge in [0.25, 0.3) is 5.91 Å². The number of ether oxygens (including phenoxy) is 1. The molecule has 1 fully saturated rings. The molecule has 4 aromatic heterocycles. The number of nitrogens with zero attached hydrogens (tertiary/aromatic N) is 5. The molecule has 1 aliphatic heterocycles. The molecule has 0 unspecified atom stereocenters. The molecule has 11 heteroatoms. The van der Waals surface area contributed by atoms with Crippen molar-refractivity contribution in [3.63, 3.8) is 0 Å². The van der Waals surface area contributed by atoms with Crippen molar-refractivity contribution in [2.45, 2.75) is 30.3 Å². The molecule has 38 heavy (non-hydrogen) atoms. The Bertz CT molecular complexity index is 1590. The Morgan fingerprint density at radius 2 is 1.95 bits per heavy atom. The van der Waals surface area contributed by atoms with Crippen LogP contribution in [0.5, 0.6) is 0 Å². The van der Waals surface area contributed by atoms with Gasteiger partial charge in [0.15, 0.2) is 9.84 Å². The van der Waals surface area contributed by atoms with E-state index in [2.05, 4.69) is 20.2 Å². The van der Waals surface area contributed by atoms with E-state index in [4.69, 9.17) is 14.7 Å². The first kappa shape index (κ1) is 25.7. The minimum absolute atomic E-state index is 0.0117. The lowest BCUT2D eigenvalue weighted by atomic mass is 10.2. The van der Waals surface area contributed by atoms with E-state index in [9.17, 15) is 13.2 Å². The van der Waals surface area contributed by atoms with Crippen molar-refractivity contribution in [2.24, 2.45) is 0 Å². The predicted molar refractivity (Wildman–Crippen MR) is 144 cm³/mol. The van der Waals surface area contributed by atoms with Gasteiger partial charge in [0, 0.05) is 43.9 Å². The fourth-order valence-corrected chi connectivity index (χ4v) is 5.14. The average molecular weight is 533 g/mol. The van der Waals surface area contributed by atoms with Crippen molar-refractivity contribution < 1.29 is 17.9 Å². The molecule has 10 nitrogen and oxygen atoms in total. The van der Waals surface area contributed by atoms with E-state index >= 15 is 0 Å². The molecule has 0 saturated carbocycles. The maximum Gasteiger partial charge on any atom is 0.253 e. The van der Waals surface area contributed by atoms with Crippen LogP contribution in [-0.2, 0) is 21.1 Å². The van der Waals surface area contributed by atoms with Gasteiger partial charge in [0.05, 0.1) is 52.3 Å². The third kappa shape index (κ3) is 5.63. The van der Waals surface area contributed by atoms with Crippen molar-refractivity contribution >= 4 is 32.5 Å². The summed E-state index contributed by atoms with van der Waals surface area (Å²) in [6.45, 7) is 1.77. The molecule has 196 valence electrons. The summed E-state index contributed by atoms with van der Waals surface area (Å²) in [5.41, 5.74) is 3.02. The fraction of sp³-hybridized carbons (Fsp3) is 0.296. The van der Waals surface area contributed by atoms with Crippen molar-refractivity contribution in [3.8, 4) is 11.4 Å². The number of aromatic nitrogens is 4. The van der Waals surface area contributed by atoms with Crippen LogP contribution in [0.25, 0.3) is 22.3 Å². The van der Waals surface area contributed by atoms with Crippen LogP contribution in [0.4, 0.5) is 5.82 Å². The molecule has 1 atom stereocenters. The predicted octanol–water partition coefficient (Wildman–Crippen LogP) is 3.04. The van der Waals surface area contributed by atoms with Crippen LogP contribution in [0.1, 0.15) is 28.9 Å². The summed E-state index contributed by atoms with van der Waals surface area (Å²) in [6, 6.07) is 13.3. The maximum atomic E-state index is 12.6. The highest BCUT2D eigenvalue weighted by Crippen LogP contribution is 2.27. The Hall–Kier alpha value is -3.96. The molecule has 0 aromatic carbocycles. The van der Waals surface area contributed by atoms with Gasteiger partial charge in [-0.15, -0.1) is 0 Å². The first-order valence-electron chi connectivity index (χ1n) is 12.2. The quantitative estimate of drug-likeness (QED) is 0.364. The number of hydrogen-bond acceptors (Lipinski definition) is 9. The Morgan fingerprint density at radius 3 is 2.76 bits per heavy atom. The van der Waals surface area contributed by atoms with Gasteiger partial charge in [0.2, 0.25) is 0 Å². The van der Waals surface area contributed by atoms with E-state index in [1.165, 1.54) is 18.5 Å². The Morgan fingerprint density at radius 1 is 1.11 bits per heavy atom. The number of amides is 1. The summed E-state index contributed by atoms with van der Waals surface area (Å²) < 4.78 is 28.9. The van der Waals surface area contributed by atoms with Gasteiger partial charge < -0.3 is 15.0 Å². The van der Waals surface area contributed by atoms with Gasteiger partial charge in [-0.25, -0.2) is 18.4 Å². The van der Waals surface area contributed by atoms with Gasteiger partial charge in [-0.2, -0.15) is 0 Å². The molecule has 1 aliphatic rings. The van der Waals surface area contributed by atoms with Gasteiger partial charge >= 0.3 is 0 Å². The summed E-state index contributed by atoms with van der Waals surface area (Å²) in [5.74, 6) is 0.470. The standard InChI is InChI=1S/C27H28N6O4S/c1-37-17-21-5-4-10-33(21)26-7-3-6-23(32-26)24-9-8-18-14-29-20(12-25(18)31-24)15-30-27(34)19-11-22(16-28-13-19)38(2,35)36/h3,6-9,11-14,16,21H,4-5,10,15,17H2,1-2H3,(H,30,34)/t21-/m1/s1. The van der Waals surface area contributed by atoms with Crippen LogP contribution >= 0.6 is 0 Å². The summed E-state index contributed by atoms with van der Waals surface area (Å²) in [4.78, 5) is 32.9. The molecule has 5 rings (SSSR count). The number of anilines is 1. The lowest BCUT2D eigenvalue weighted by Crippen LogP contribution is -2.33. The highest BCUT2D eigenvalue weighted by Gasteiger charge is 2.25. The molecule has 1 saturated heterocycles. The number of rotatable bonds is 8. The summed E-state index contributed by atoms with van der Waals surface area (Å²) >= 11 is 0. The van der Waals surface area contributed by atoms with Crippen molar-refractivity contribution in [3.05, 3.63) is 72.3 Å². The van der Waals surface area contributed by atoms with E-state index < -0.39 is 15.7 Å². The van der Waals surface area contributed by atoms with Crippen LogP contribution in [0.2, 0.25) is 0 Å². The van der Waals surface area contributed by atoms with Crippen molar-refractivity contribution in [2.75, 3.05) is 31.4 Å². The monoisotopic (exact) mass is 532 g/mol. The normalized spacial score (nSPS) is 15.6. The number of pyridine rings is 4. The summed E-state index contributed by atoms with van der Waals surface area (Å²) in [5, 5.41) is 3.63. The lowest BCUT2D eigenvalue weighted by Gasteiger charge is -2.25. The molecule has 0 radical (unpaired) electrons. The number of nitrogens with one attached hydrogen (secondary N) is 1. The lowest BCUT2D eigenvalue weighted by molar-refractivity contribution is 0.0950. The SMILES string of the molecule is COC[C@H]1CCCN1c1cccc(-c2ccc3cnc(CNC(=O)c4cncc(S(C)(=O)=O)c4)cc3n2)n1. The van der Waals surface area contributed by atoms with E-state index in [0.29, 0.717) is 18.3 Å². The minimum atomic E-state index is -3.47. The third-order valence-electron chi connectivity index (χ3n) is 6.49. The van der Waals surface area contributed by atoms with Crippen LogP contribution in [0.15, 0.2) is 66.0 Å². The van der Waals surface area contributed by atoms with Crippen LogP contribution in [0, 0.1) is 0 Å². The second kappa shape index (κ2) is 10.8. The van der Waals surface area contributed by atoms with Crippen LogP contribution in [0.3, 0.4) is 0 Å². The number of hydrogen-bond donors (Lipinski definition) is 1. The number of methoxy groups -OCH3 is 1. The smallest absolute Gasteiger partial charge is 0.253 e.